The Kier molecular flexibility index (Phi) is 4.39. The van der Waals surface area contributed by atoms with Crippen LogP contribution in [-0.4, -0.2) is 35.0 Å². The van der Waals surface area contributed by atoms with Gasteiger partial charge in [0.25, 0.3) is 0 Å². The van der Waals surface area contributed by atoms with Gasteiger partial charge in [-0.1, -0.05) is 15.9 Å². The highest BCUT2D eigenvalue weighted by Gasteiger charge is 2.23. The second-order valence-corrected chi connectivity index (χ2v) is 2.32. The van der Waals surface area contributed by atoms with Crippen LogP contribution in [0.5, 0.6) is 0 Å². The molecule has 0 aliphatic rings. The van der Waals surface area contributed by atoms with Crippen molar-refractivity contribution in [2.24, 2.45) is 0 Å². The summed E-state index contributed by atoms with van der Waals surface area (Å²) in [6, 6.07) is 0. The maximum Gasteiger partial charge on any atom is 0.177 e. The van der Waals surface area contributed by atoms with E-state index < -0.39 is 5.79 Å². The Morgan fingerprint density at radius 1 is 1.67 bits per heavy atom. The van der Waals surface area contributed by atoms with E-state index in [-0.39, 0.29) is 13.0 Å². The third kappa shape index (κ3) is 3.15. The zero-order valence-corrected chi connectivity index (χ0v) is 6.89. The first-order valence-electron chi connectivity index (χ1n) is 2.63. The molecule has 0 rings (SSSR count). The van der Waals surface area contributed by atoms with Crippen molar-refractivity contribution in [2.45, 2.75) is 12.2 Å². The Morgan fingerprint density at radius 3 is 2.33 bits per heavy atom. The van der Waals surface area contributed by atoms with Gasteiger partial charge in [-0.05, 0) is 0 Å². The van der Waals surface area contributed by atoms with Gasteiger partial charge < -0.3 is 14.9 Å². The molecule has 0 saturated heterocycles. The Bertz CT molecular complexity index is 72.6. The van der Waals surface area contributed by atoms with Gasteiger partial charge in [0.05, 0.1) is 5.33 Å². The molecule has 0 aliphatic carbocycles. The molecular weight excluding hydrogens is 188 g/mol. The average molecular weight is 199 g/mol. The van der Waals surface area contributed by atoms with Crippen molar-refractivity contribution in [3.8, 4) is 0 Å². The summed E-state index contributed by atoms with van der Waals surface area (Å²) in [6.45, 7) is -0.0735. The molecule has 4 heteroatoms. The first kappa shape index (κ1) is 9.36. The molecule has 0 amide bonds. The summed E-state index contributed by atoms with van der Waals surface area (Å²) in [5, 5.41) is 17.9. The SMILES string of the molecule is COC(O)(CBr)CCO. The lowest BCUT2D eigenvalue weighted by Crippen LogP contribution is -2.33. The van der Waals surface area contributed by atoms with Crippen LogP contribution in [0.1, 0.15) is 6.42 Å². The van der Waals surface area contributed by atoms with Gasteiger partial charge in [-0.25, -0.2) is 0 Å². The highest BCUT2D eigenvalue weighted by atomic mass is 79.9. The summed E-state index contributed by atoms with van der Waals surface area (Å²) in [7, 11) is 1.40. The average Bonchev–Trinajstić information content (AvgIpc) is 1.89. The second kappa shape index (κ2) is 4.22. The van der Waals surface area contributed by atoms with Gasteiger partial charge >= 0.3 is 0 Å². The van der Waals surface area contributed by atoms with Crippen molar-refractivity contribution in [3.05, 3.63) is 0 Å². The van der Waals surface area contributed by atoms with Crippen molar-refractivity contribution in [3.63, 3.8) is 0 Å². The molecular formula is C5H11BrO3. The fourth-order valence-corrected chi connectivity index (χ4v) is 0.907. The van der Waals surface area contributed by atoms with Crippen LogP contribution in [0.4, 0.5) is 0 Å². The number of ether oxygens (including phenoxy) is 1. The molecule has 9 heavy (non-hydrogen) atoms. The van der Waals surface area contributed by atoms with Crippen molar-refractivity contribution in [2.75, 3.05) is 19.0 Å². The van der Waals surface area contributed by atoms with Crippen LogP contribution in [0, 0.1) is 0 Å². The van der Waals surface area contributed by atoms with Gasteiger partial charge in [0.2, 0.25) is 0 Å². The van der Waals surface area contributed by atoms with E-state index in [2.05, 4.69) is 20.7 Å². The summed E-state index contributed by atoms with van der Waals surface area (Å²) >= 11 is 3.05. The van der Waals surface area contributed by atoms with Gasteiger partial charge in [0, 0.05) is 20.1 Å². The van der Waals surface area contributed by atoms with Gasteiger partial charge in [0.1, 0.15) is 0 Å². The number of hydrogen-bond donors (Lipinski definition) is 2. The minimum atomic E-state index is -1.20. The number of rotatable bonds is 4. The molecule has 1 atom stereocenters. The van der Waals surface area contributed by atoms with Crippen molar-refractivity contribution in [1.29, 1.82) is 0 Å². The molecule has 0 aromatic heterocycles. The molecule has 56 valence electrons. The minimum Gasteiger partial charge on any atom is -0.396 e. The lowest BCUT2D eigenvalue weighted by Gasteiger charge is -2.22. The van der Waals surface area contributed by atoms with E-state index in [4.69, 9.17) is 5.11 Å². The number of halogens is 1. The number of hydrogen-bond acceptors (Lipinski definition) is 3. The first-order valence-corrected chi connectivity index (χ1v) is 3.75. The maximum absolute atomic E-state index is 9.20. The Balaban J connectivity index is 3.62. The first-order chi connectivity index (χ1) is 4.18. The van der Waals surface area contributed by atoms with Crippen molar-refractivity contribution < 1.29 is 14.9 Å². The molecule has 0 heterocycles. The topological polar surface area (TPSA) is 49.7 Å². The van der Waals surface area contributed by atoms with Crippen LogP contribution in [-0.2, 0) is 4.74 Å². The van der Waals surface area contributed by atoms with E-state index in [0.29, 0.717) is 5.33 Å². The van der Waals surface area contributed by atoms with E-state index in [1.54, 1.807) is 0 Å². The smallest absolute Gasteiger partial charge is 0.177 e. The van der Waals surface area contributed by atoms with Crippen molar-refractivity contribution in [1.82, 2.24) is 0 Å². The zero-order valence-electron chi connectivity index (χ0n) is 5.30. The molecule has 0 aromatic rings. The fourth-order valence-electron chi connectivity index (χ4n) is 0.398. The highest BCUT2D eigenvalue weighted by Crippen LogP contribution is 2.12. The number of aliphatic hydroxyl groups is 2. The van der Waals surface area contributed by atoms with Crippen LogP contribution in [0.15, 0.2) is 0 Å². The monoisotopic (exact) mass is 198 g/mol. The number of aliphatic hydroxyl groups excluding tert-OH is 1. The minimum absolute atomic E-state index is 0.0735. The van der Waals surface area contributed by atoms with Crippen LogP contribution in [0.2, 0.25) is 0 Å². The van der Waals surface area contributed by atoms with E-state index in [1.165, 1.54) is 7.11 Å². The maximum atomic E-state index is 9.20. The predicted molar refractivity (Wildman–Crippen MR) is 37.5 cm³/mol. The number of methoxy groups -OCH3 is 1. The molecule has 0 bridgehead atoms. The molecule has 3 nitrogen and oxygen atoms in total. The molecule has 2 N–H and O–H groups in total. The molecule has 0 aromatic carbocycles. The normalized spacial score (nSPS) is 17.3. The number of alkyl halides is 1. The van der Waals surface area contributed by atoms with Gasteiger partial charge in [-0.3, -0.25) is 0 Å². The Labute approximate surface area is 62.8 Å². The van der Waals surface area contributed by atoms with Gasteiger partial charge in [-0.15, -0.1) is 0 Å². The molecule has 0 fully saturated rings. The standard InChI is InChI=1S/C5H11BrO3/c1-9-5(8,4-6)2-3-7/h7-8H,2-4H2,1H3. The van der Waals surface area contributed by atoms with E-state index in [1.807, 2.05) is 0 Å². The van der Waals surface area contributed by atoms with E-state index in [9.17, 15) is 5.11 Å². The summed E-state index contributed by atoms with van der Waals surface area (Å²) < 4.78 is 4.68. The fraction of sp³-hybridized carbons (Fsp3) is 1.00. The summed E-state index contributed by atoms with van der Waals surface area (Å²) in [5.74, 6) is -1.20. The molecule has 0 saturated carbocycles. The third-order valence-electron chi connectivity index (χ3n) is 1.09. The van der Waals surface area contributed by atoms with Crippen molar-refractivity contribution >= 4 is 15.9 Å². The van der Waals surface area contributed by atoms with Crippen LogP contribution in [0.25, 0.3) is 0 Å². The quantitative estimate of drug-likeness (QED) is 0.498. The second-order valence-electron chi connectivity index (χ2n) is 1.76. The van der Waals surface area contributed by atoms with Crippen LogP contribution >= 0.6 is 15.9 Å². The summed E-state index contributed by atoms with van der Waals surface area (Å²) in [6.07, 6.45) is 0.231. The highest BCUT2D eigenvalue weighted by molar-refractivity contribution is 9.09. The lowest BCUT2D eigenvalue weighted by atomic mass is 10.2. The lowest BCUT2D eigenvalue weighted by molar-refractivity contribution is -0.174. The van der Waals surface area contributed by atoms with E-state index >= 15 is 0 Å². The summed E-state index contributed by atoms with van der Waals surface area (Å²) in [5.41, 5.74) is 0. The van der Waals surface area contributed by atoms with Crippen LogP contribution < -0.4 is 0 Å². The van der Waals surface area contributed by atoms with Crippen LogP contribution in [0.3, 0.4) is 0 Å². The molecule has 0 spiro atoms. The Hall–Kier alpha value is 0.360. The predicted octanol–water partition coefficient (Wildman–Crippen LogP) is 0.0987. The third-order valence-corrected chi connectivity index (χ3v) is 1.97. The molecule has 1 unspecified atom stereocenters. The molecule has 0 radical (unpaired) electrons. The molecule has 0 aliphatic heterocycles. The van der Waals surface area contributed by atoms with E-state index in [0.717, 1.165) is 0 Å². The summed E-state index contributed by atoms with van der Waals surface area (Å²) in [4.78, 5) is 0. The zero-order chi connectivity index (χ0) is 7.33. The van der Waals surface area contributed by atoms with Gasteiger partial charge in [0.15, 0.2) is 5.79 Å². The Morgan fingerprint density at radius 2 is 2.22 bits per heavy atom. The largest absolute Gasteiger partial charge is 0.396 e. The van der Waals surface area contributed by atoms with Gasteiger partial charge in [-0.2, -0.15) is 0 Å².